The Bertz CT molecular complexity index is 668. The first-order valence-electron chi connectivity index (χ1n) is 7.31. The molecule has 0 spiro atoms. The summed E-state index contributed by atoms with van der Waals surface area (Å²) in [5.74, 6) is -1.09. The number of hydrogen-bond acceptors (Lipinski definition) is 3. The Kier molecular flexibility index (Phi) is 4.86. The Hall–Kier alpha value is -1.76. The van der Waals surface area contributed by atoms with Crippen LogP contribution in [0.4, 0.5) is 18.9 Å². The molecule has 0 radical (unpaired) electrons. The second-order valence-electron chi connectivity index (χ2n) is 6.55. The van der Waals surface area contributed by atoms with E-state index in [0.717, 1.165) is 17.0 Å². The van der Waals surface area contributed by atoms with Crippen LogP contribution in [0.1, 0.15) is 39.2 Å². The zero-order chi connectivity index (χ0) is 18.3. The normalized spacial score (nSPS) is 18.9. The maximum absolute atomic E-state index is 13.0. The number of anilines is 1. The molecular weight excluding hydrogens is 347 g/mol. The molecule has 0 N–H and O–H groups in total. The van der Waals surface area contributed by atoms with E-state index < -0.39 is 35.3 Å². The highest BCUT2D eigenvalue weighted by molar-refractivity contribution is 6.31. The van der Waals surface area contributed by atoms with E-state index in [4.69, 9.17) is 16.3 Å². The number of hydrogen-bond donors (Lipinski definition) is 0. The standard InChI is InChI=1S/C16H17ClF3NO3/c1-15(2,3)24-14(23)12-4-5-13(22)21(12)11-7-9(16(18,19)20)6-10(17)8-11/h6-8,12H,4-5H2,1-3H3. The van der Waals surface area contributed by atoms with Gasteiger partial charge in [0.2, 0.25) is 5.91 Å². The van der Waals surface area contributed by atoms with Crippen LogP contribution in [0, 0.1) is 0 Å². The lowest BCUT2D eigenvalue weighted by Crippen LogP contribution is -2.42. The maximum Gasteiger partial charge on any atom is 0.416 e. The minimum absolute atomic E-state index is 0.0533. The number of esters is 1. The third-order valence-corrected chi connectivity index (χ3v) is 3.60. The maximum atomic E-state index is 13.0. The van der Waals surface area contributed by atoms with Gasteiger partial charge < -0.3 is 4.74 Å². The van der Waals surface area contributed by atoms with Gasteiger partial charge in [-0.1, -0.05) is 11.6 Å². The predicted octanol–water partition coefficient (Wildman–Crippen LogP) is 4.20. The van der Waals surface area contributed by atoms with Crippen LogP contribution in [0.5, 0.6) is 0 Å². The van der Waals surface area contributed by atoms with Crippen molar-refractivity contribution in [3.05, 3.63) is 28.8 Å². The smallest absolute Gasteiger partial charge is 0.416 e. The van der Waals surface area contributed by atoms with E-state index in [9.17, 15) is 22.8 Å². The van der Waals surface area contributed by atoms with Gasteiger partial charge in [0, 0.05) is 17.1 Å². The minimum atomic E-state index is -4.61. The highest BCUT2D eigenvalue weighted by Gasteiger charge is 2.41. The van der Waals surface area contributed by atoms with Crippen LogP contribution in [-0.4, -0.2) is 23.5 Å². The number of amides is 1. The summed E-state index contributed by atoms with van der Waals surface area (Å²) in [6.45, 7) is 5.02. The van der Waals surface area contributed by atoms with Crippen molar-refractivity contribution < 1.29 is 27.5 Å². The number of carbonyl (C=O) groups is 2. The zero-order valence-electron chi connectivity index (χ0n) is 13.4. The van der Waals surface area contributed by atoms with Crippen molar-refractivity contribution in [1.82, 2.24) is 0 Å². The average molecular weight is 364 g/mol. The van der Waals surface area contributed by atoms with Gasteiger partial charge in [-0.05, 0) is 45.4 Å². The number of nitrogens with zero attached hydrogens (tertiary/aromatic N) is 1. The third kappa shape index (κ3) is 4.20. The minimum Gasteiger partial charge on any atom is -0.458 e. The summed E-state index contributed by atoms with van der Waals surface area (Å²) in [5, 5.41) is -0.164. The molecule has 1 aliphatic rings. The topological polar surface area (TPSA) is 46.6 Å². The van der Waals surface area contributed by atoms with Crippen LogP contribution < -0.4 is 4.90 Å². The number of rotatable bonds is 2. The fraction of sp³-hybridized carbons (Fsp3) is 0.500. The number of halogens is 4. The summed E-state index contributed by atoms with van der Waals surface area (Å²) in [7, 11) is 0. The first-order chi connectivity index (χ1) is 10.9. The van der Waals surface area contributed by atoms with Crippen molar-refractivity contribution in [3.63, 3.8) is 0 Å². The van der Waals surface area contributed by atoms with Crippen LogP contribution in [-0.2, 0) is 20.5 Å². The molecule has 1 saturated heterocycles. The van der Waals surface area contributed by atoms with E-state index in [0.29, 0.717) is 0 Å². The highest BCUT2D eigenvalue weighted by Crippen LogP contribution is 2.37. The molecular formula is C16H17ClF3NO3. The molecule has 0 bridgehead atoms. The van der Waals surface area contributed by atoms with Crippen LogP contribution in [0.3, 0.4) is 0 Å². The van der Waals surface area contributed by atoms with Crippen LogP contribution in [0.25, 0.3) is 0 Å². The van der Waals surface area contributed by atoms with Crippen molar-refractivity contribution in [2.75, 3.05) is 4.90 Å². The molecule has 1 aromatic carbocycles. The molecule has 0 saturated carbocycles. The molecule has 0 aromatic heterocycles. The Balaban J connectivity index is 2.39. The Morgan fingerprint density at radius 2 is 1.88 bits per heavy atom. The molecule has 1 amide bonds. The number of benzene rings is 1. The molecule has 1 unspecified atom stereocenters. The van der Waals surface area contributed by atoms with Gasteiger partial charge in [-0.25, -0.2) is 4.79 Å². The van der Waals surface area contributed by atoms with E-state index in [2.05, 4.69) is 0 Å². The summed E-state index contributed by atoms with van der Waals surface area (Å²) in [5.41, 5.74) is -1.80. The number of alkyl halides is 3. The summed E-state index contributed by atoms with van der Waals surface area (Å²) < 4.78 is 44.1. The lowest BCUT2D eigenvalue weighted by molar-refractivity contribution is -0.156. The molecule has 1 aromatic rings. The van der Waals surface area contributed by atoms with E-state index >= 15 is 0 Å². The monoisotopic (exact) mass is 363 g/mol. The quantitative estimate of drug-likeness (QED) is 0.740. The van der Waals surface area contributed by atoms with Crippen molar-refractivity contribution in [3.8, 4) is 0 Å². The molecule has 132 valence electrons. The summed E-state index contributed by atoms with van der Waals surface area (Å²) in [4.78, 5) is 25.4. The van der Waals surface area contributed by atoms with Crippen LogP contribution in [0.2, 0.25) is 5.02 Å². The van der Waals surface area contributed by atoms with Gasteiger partial charge in [0.05, 0.1) is 5.56 Å². The molecule has 1 heterocycles. The average Bonchev–Trinajstić information content (AvgIpc) is 2.77. The van der Waals surface area contributed by atoms with Gasteiger partial charge in [-0.3, -0.25) is 9.69 Å². The first kappa shape index (κ1) is 18.6. The second kappa shape index (κ2) is 6.27. The SMILES string of the molecule is CC(C)(C)OC(=O)C1CCC(=O)N1c1cc(Cl)cc(C(F)(F)F)c1. The summed E-state index contributed by atoms with van der Waals surface area (Å²) in [6.07, 6.45) is -4.37. The van der Waals surface area contributed by atoms with E-state index in [1.54, 1.807) is 20.8 Å². The fourth-order valence-electron chi connectivity index (χ4n) is 2.48. The molecule has 2 rings (SSSR count). The van der Waals surface area contributed by atoms with Crippen molar-refractivity contribution in [2.45, 2.75) is 51.4 Å². The molecule has 8 heteroatoms. The van der Waals surface area contributed by atoms with Crippen molar-refractivity contribution in [2.24, 2.45) is 0 Å². The molecule has 24 heavy (non-hydrogen) atoms. The predicted molar refractivity (Wildman–Crippen MR) is 82.8 cm³/mol. The molecule has 1 fully saturated rings. The zero-order valence-corrected chi connectivity index (χ0v) is 14.2. The number of ether oxygens (including phenoxy) is 1. The second-order valence-corrected chi connectivity index (χ2v) is 6.98. The largest absolute Gasteiger partial charge is 0.458 e. The molecule has 0 aliphatic carbocycles. The molecule has 4 nitrogen and oxygen atoms in total. The molecule has 1 aliphatic heterocycles. The van der Waals surface area contributed by atoms with Gasteiger partial charge in [0.15, 0.2) is 0 Å². The van der Waals surface area contributed by atoms with Gasteiger partial charge >= 0.3 is 12.1 Å². The lowest BCUT2D eigenvalue weighted by Gasteiger charge is -2.28. The molecule has 1 atom stereocenters. The summed E-state index contributed by atoms with van der Waals surface area (Å²) >= 11 is 5.76. The van der Waals surface area contributed by atoms with Gasteiger partial charge in [0.25, 0.3) is 0 Å². The fourth-order valence-corrected chi connectivity index (χ4v) is 2.71. The summed E-state index contributed by atoms with van der Waals surface area (Å²) in [6, 6.07) is 1.86. The number of carbonyl (C=O) groups excluding carboxylic acids is 2. The van der Waals surface area contributed by atoms with Gasteiger partial charge in [-0.2, -0.15) is 13.2 Å². The Labute approximate surface area is 142 Å². The van der Waals surface area contributed by atoms with Crippen LogP contribution >= 0.6 is 11.6 Å². The van der Waals surface area contributed by atoms with Crippen molar-refractivity contribution >= 4 is 29.2 Å². The Morgan fingerprint density at radius 1 is 1.25 bits per heavy atom. The Morgan fingerprint density at radius 3 is 2.42 bits per heavy atom. The van der Waals surface area contributed by atoms with Gasteiger partial charge in [-0.15, -0.1) is 0 Å². The van der Waals surface area contributed by atoms with E-state index in [-0.39, 0.29) is 23.6 Å². The van der Waals surface area contributed by atoms with Crippen molar-refractivity contribution in [1.29, 1.82) is 0 Å². The lowest BCUT2D eigenvalue weighted by atomic mass is 10.1. The third-order valence-electron chi connectivity index (χ3n) is 3.38. The van der Waals surface area contributed by atoms with E-state index in [1.165, 1.54) is 6.07 Å². The van der Waals surface area contributed by atoms with Crippen LogP contribution in [0.15, 0.2) is 18.2 Å². The van der Waals surface area contributed by atoms with E-state index in [1.807, 2.05) is 0 Å². The highest BCUT2D eigenvalue weighted by atomic mass is 35.5. The van der Waals surface area contributed by atoms with Gasteiger partial charge in [0.1, 0.15) is 11.6 Å². The first-order valence-corrected chi connectivity index (χ1v) is 7.69.